The third kappa shape index (κ3) is 10.4. The van der Waals surface area contributed by atoms with Crippen molar-refractivity contribution in [2.45, 2.75) is 106 Å². The number of carbonyl (C=O) groups excluding carboxylic acids is 4. The Morgan fingerprint density at radius 1 is 0.895 bits per heavy atom. The van der Waals surface area contributed by atoms with E-state index in [1.807, 2.05) is 20.8 Å². The third-order valence-electron chi connectivity index (χ3n) is 6.57. The Hall–Kier alpha value is -2.94. The van der Waals surface area contributed by atoms with Crippen LogP contribution in [-0.4, -0.2) is 42.6 Å². The Morgan fingerprint density at radius 3 is 1.97 bits per heavy atom. The molecule has 0 saturated carbocycles. The van der Waals surface area contributed by atoms with E-state index in [1.165, 1.54) is 12.1 Å². The van der Waals surface area contributed by atoms with E-state index in [0.717, 1.165) is 12.8 Å². The Morgan fingerprint density at radius 2 is 1.45 bits per heavy atom. The van der Waals surface area contributed by atoms with Crippen molar-refractivity contribution in [2.24, 2.45) is 16.6 Å². The predicted octanol–water partition coefficient (Wildman–Crippen LogP) is 4.90. The van der Waals surface area contributed by atoms with Gasteiger partial charge in [-0.15, -0.1) is 0 Å². The van der Waals surface area contributed by atoms with Gasteiger partial charge in [0.2, 0.25) is 0 Å². The molecule has 0 fully saturated rings. The number of hydrogen-bond acceptors (Lipinski definition) is 9. The van der Waals surface area contributed by atoms with Crippen molar-refractivity contribution < 1.29 is 38.1 Å². The van der Waals surface area contributed by atoms with E-state index in [-0.39, 0.29) is 30.5 Å². The molecule has 0 heterocycles. The van der Waals surface area contributed by atoms with Gasteiger partial charge >= 0.3 is 23.9 Å². The molecule has 0 aliphatic rings. The summed E-state index contributed by atoms with van der Waals surface area (Å²) < 4.78 is 21.7. The van der Waals surface area contributed by atoms with Crippen molar-refractivity contribution >= 4 is 23.9 Å². The van der Waals surface area contributed by atoms with E-state index in [1.54, 1.807) is 40.7 Å². The maximum Gasteiger partial charge on any atom is 0.323 e. The summed E-state index contributed by atoms with van der Waals surface area (Å²) in [5.74, 6) is -1.75. The first-order valence-electron chi connectivity index (χ1n) is 13.4. The summed E-state index contributed by atoms with van der Waals surface area (Å²) in [5, 5.41) is 0. The van der Waals surface area contributed by atoms with Crippen molar-refractivity contribution in [1.82, 2.24) is 0 Å². The van der Waals surface area contributed by atoms with Gasteiger partial charge in [-0.25, -0.2) is 0 Å². The highest BCUT2D eigenvalue weighted by Crippen LogP contribution is 2.34. The molecule has 38 heavy (non-hydrogen) atoms. The van der Waals surface area contributed by atoms with Crippen LogP contribution in [0.4, 0.5) is 0 Å². The monoisotopic (exact) mass is 535 g/mol. The van der Waals surface area contributed by atoms with Gasteiger partial charge in [0.1, 0.15) is 18.8 Å². The summed E-state index contributed by atoms with van der Waals surface area (Å²) in [7, 11) is 0. The summed E-state index contributed by atoms with van der Waals surface area (Å²) in [6, 6.07) is 3.70. The molecule has 9 heteroatoms. The number of ether oxygens (including phenoxy) is 4. The highest BCUT2D eigenvalue weighted by Gasteiger charge is 2.31. The molecule has 0 unspecified atom stereocenters. The third-order valence-corrected chi connectivity index (χ3v) is 6.57. The topological polar surface area (TPSA) is 131 Å². The van der Waals surface area contributed by atoms with E-state index in [2.05, 4.69) is 0 Å². The lowest BCUT2D eigenvalue weighted by atomic mass is 9.90. The van der Waals surface area contributed by atoms with Crippen LogP contribution in [0.2, 0.25) is 0 Å². The Kier molecular flexibility index (Phi) is 12.9. The molecule has 0 aromatic heterocycles. The van der Waals surface area contributed by atoms with Gasteiger partial charge in [-0.05, 0) is 78.0 Å². The largest absolute Gasteiger partial charge is 0.461 e. The molecule has 9 nitrogen and oxygen atoms in total. The predicted molar refractivity (Wildman–Crippen MR) is 144 cm³/mol. The van der Waals surface area contributed by atoms with E-state index in [9.17, 15) is 19.2 Å². The van der Waals surface area contributed by atoms with E-state index >= 15 is 0 Å². The molecule has 2 atom stereocenters. The molecule has 0 amide bonds. The van der Waals surface area contributed by atoms with E-state index in [4.69, 9.17) is 24.7 Å². The molecule has 0 radical (unpaired) electrons. The summed E-state index contributed by atoms with van der Waals surface area (Å²) >= 11 is 0. The average Bonchev–Trinajstić information content (AvgIpc) is 2.87. The van der Waals surface area contributed by atoms with Crippen molar-refractivity contribution in [3.8, 4) is 11.5 Å². The zero-order valence-electron chi connectivity index (χ0n) is 24.2. The van der Waals surface area contributed by atoms with Gasteiger partial charge in [0, 0.05) is 6.42 Å². The van der Waals surface area contributed by atoms with Gasteiger partial charge in [-0.2, -0.15) is 0 Å². The number of hydrogen-bond donors (Lipinski definition) is 1. The minimum Gasteiger partial charge on any atom is -0.461 e. The maximum atomic E-state index is 12.8. The normalized spacial score (nSPS) is 13.3. The number of carbonyl (C=O) groups is 4. The highest BCUT2D eigenvalue weighted by atomic mass is 16.6. The molecule has 0 aliphatic carbocycles. The van der Waals surface area contributed by atoms with Crippen LogP contribution >= 0.6 is 0 Å². The number of unbranched alkanes of at least 4 members (excludes halogenated alkanes) is 1. The van der Waals surface area contributed by atoms with Crippen molar-refractivity contribution in [3.63, 3.8) is 0 Å². The summed E-state index contributed by atoms with van der Waals surface area (Å²) in [5.41, 5.74) is 5.17. The van der Waals surface area contributed by atoms with Crippen LogP contribution in [-0.2, 0) is 35.1 Å². The van der Waals surface area contributed by atoms with Gasteiger partial charge in [0.25, 0.3) is 0 Å². The zero-order chi connectivity index (χ0) is 29.1. The van der Waals surface area contributed by atoms with Crippen molar-refractivity contribution in [1.29, 1.82) is 0 Å². The second-order valence-electron chi connectivity index (χ2n) is 10.9. The fourth-order valence-corrected chi connectivity index (χ4v) is 2.89. The summed E-state index contributed by atoms with van der Waals surface area (Å²) in [4.78, 5) is 49.7. The molecule has 0 spiro atoms. The van der Waals surface area contributed by atoms with Gasteiger partial charge in [-0.1, -0.05) is 33.3 Å². The second kappa shape index (κ2) is 14.9. The Labute approximate surface area is 226 Å². The minimum atomic E-state index is -1.01. The van der Waals surface area contributed by atoms with Crippen LogP contribution in [0.15, 0.2) is 18.2 Å². The lowest BCUT2D eigenvalue weighted by Gasteiger charge is -2.23. The zero-order valence-corrected chi connectivity index (χ0v) is 24.2. The highest BCUT2D eigenvalue weighted by molar-refractivity contribution is 5.81. The molecule has 2 N–H and O–H groups in total. The molecule has 214 valence electrons. The van der Waals surface area contributed by atoms with Crippen LogP contribution < -0.4 is 15.2 Å². The first-order chi connectivity index (χ1) is 17.7. The molecule has 0 bridgehead atoms. The van der Waals surface area contributed by atoms with Crippen LogP contribution in [0.5, 0.6) is 11.5 Å². The van der Waals surface area contributed by atoms with Gasteiger partial charge < -0.3 is 24.7 Å². The summed E-state index contributed by atoms with van der Waals surface area (Å²) in [6.45, 7) is 14.3. The van der Waals surface area contributed by atoms with Crippen LogP contribution in [0.1, 0.15) is 93.1 Å². The smallest absolute Gasteiger partial charge is 0.323 e. The molecule has 0 aliphatic heterocycles. The van der Waals surface area contributed by atoms with Crippen molar-refractivity contribution in [2.75, 3.05) is 6.61 Å². The first kappa shape index (κ1) is 33.1. The second-order valence-corrected chi connectivity index (χ2v) is 10.9. The van der Waals surface area contributed by atoms with Gasteiger partial charge in [0.15, 0.2) is 11.5 Å². The van der Waals surface area contributed by atoms with Crippen LogP contribution in [0.25, 0.3) is 0 Å². The molecule has 0 saturated heterocycles. The number of nitrogens with two attached hydrogens (primary N) is 1. The first-order valence-corrected chi connectivity index (χ1v) is 13.4. The molecular formula is C29H45NO8. The minimum absolute atomic E-state index is 0.0717. The maximum absolute atomic E-state index is 12.8. The van der Waals surface area contributed by atoms with Crippen LogP contribution in [0, 0.1) is 10.8 Å². The molecular weight excluding hydrogens is 490 g/mol. The van der Waals surface area contributed by atoms with E-state index < -0.39 is 40.9 Å². The standard InChI is InChI=1S/C29H45NO8/c1-9-12-13-24(31)36-19(4)18-35-25(32)21(30)16-20-14-15-22(37-26(33)28(5,6)10-2)23(17-20)38-27(34)29(7,8)11-3/h14-15,17,19,21H,9-13,16,18,30H2,1-8H3/t19-,21-/m0/s1. The van der Waals surface area contributed by atoms with E-state index in [0.29, 0.717) is 24.8 Å². The lowest BCUT2D eigenvalue weighted by Crippen LogP contribution is -2.36. The number of esters is 4. The Bertz CT molecular complexity index is 969. The van der Waals surface area contributed by atoms with Crippen molar-refractivity contribution in [3.05, 3.63) is 23.8 Å². The molecule has 1 rings (SSSR count). The van der Waals surface area contributed by atoms with Gasteiger partial charge in [-0.3, -0.25) is 19.2 Å². The molecule has 1 aromatic carbocycles. The number of benzene rings is 1. The molecule has 1 aromatic rings. The van der Waals surface area contributed by atoms with Gasteiger partial charge in [0.05, 0.1) is 10.8 Å². The fraction of sp³-hybridized carbons (Fsp3) is 0.655. The summed E-state index contributed by atoms with van der Waals surface area (Å²) in [6.07, 6.45) is 2.53. The average molecular weight is 536 g/mol. The quantitative estimate of drug-likeness (QED) is 0.246. The Balaban J connectivity index is 2.98. The lowest BCUT2D eigenvalue weighted by molar-refractivity contribution is -0.158. The number of rotatable bonds is 15. The van der Waals surface area contributed by atoms with Crippen LogP contribution in [0.3, 0.4) is 0 Å². The SMILES string of the molecule is CCCCC(=O)O[C@@H](C)COC(=O)[C@@H](N)Cc1ccc(OC(=O)C(C)(C)CC)c(OC(=O)C(C)(C)CC)c1. The fourth-order valence-electron chi connectivity index (χ4n) is 2.89.